The van der Waals surface area contributed by atoms with Crippen LogP contribution in [0.4, 0.5) is 5.69 Å². The summed E-state index contributed by atoms with van der Waals surface area (Å²) in [6.07, 6.45) is 1.21. The Morgan fingerprint density at radius 1 is 1.41 bits per heavy atom. The lowest BCUT2D eigenvalue weighted by Crippen LogP contribution is -2.34. The van der Waals surface area contributed by atoms with E-state index in [-0.39, 0.29) is 11.9 Å². The normalized spacial score (nSPS) is 12.1. The molecule has 0 aliphatic heterocycles. The lowest BCUT2D eigenvalue weighted by Gasteiger charge is -2.13. The molecule has 17 heavy (non-hydrogen) atoms. The monoisotopic (exact) mass is 236 g/mol. The highest BCUT2D eigenvalue weighted by atomic mass is 16.5. The lowest BCUT2D eigenvalue weighted by molar-refractivity contribution is -0.121. The summed E-state index contributed by atoms with van der Waals surface area (Å²) in [5.74, 6) is 0.0263. The maximum absolute atomic E-state index is 11.7. The molecule has 0 aromatic heterocycles. The van der Waals surface area contributed by atoms with E-state index in [0.717, 1.165) is 12.0 Å². The van der Waals surface area contributed by atoms with Gasteiger partial charge in [-0.3, -0.25) is 4.79 Å². The minimum atomic E-state index is 0.0263. The van der Waals surface area contributed by atoms with Crippen molar-refractivity contribution in [1.29, 1.82) is 0 Å². The van der Waals surface area contributed by atoms with Gasteiger partial charge >= 0.3 is 0 Å². The molecule has 0 heterocycles. The average Bonchev–Trinajstić information content (AvgIpc) is 2.29. The van der Waals surface area contributed by atoms with Gasteiger partial charge in [-0.15, -0.1) is 0 Å². The number of nitrogens with two attached hydrogens (primary N) is 1. The molecule has 0 fully saturated rings. The summed E-state index contributed by atoms with van der Waals surface area (Å²) in [6.45, 7) is 2.63. The highest BCUT2D eigenvalue weighted by Gasteiger charge is 2.07. The zero-order valence-corrected chi connectivity index (χ0v) is 10.4. The molecule has 1 amide bonds. The van der Waals surface area contributed by atoms with Crippen molar-refractivity contribution in [2.45, 2.75) is 25.8 Å². The third-order valence-corrected chi connectivity index (χ3v) is 2.51. The molecule has 94 valence electrons. The summed E-state index contributed by atoms with van der Waals surface area (Å²) in [4.78, 5) is 11.7. The van der Waals surface area contributed by atoms with Crippen LogP contribution in [0.1, 0.15) is 18.9 Å². The largest absolute Gasteiger partial charge is 0.399 e. The molecule has 0 radical (unpaired) electrons. The van der Waals surface area contributed by atoms with Gasteiger partial charge in [0.15, 0.2) is 0 Å². The number of hydrogen-bond acceptors (Lipinski definition) is 3. The van der Waals surface area contributed by atoms with E-state index in [9.17, 15) is 4.79 Å². The Hall–Kier alpha value is -1.55. The van der Waals surface area contributed by atoms with Gasteiger partial charge in [0.25, 0.3) is 0 Å². The van der Waals surface area contributed by atoms with Crippen molar-refractivity contribution in [1.82, 2.24) is 5.32 Å². The van der Waals surface area contributed by atoms with Crippen molar-refractivity contribution in [3.8, 4) is 0 Å². The van der Waals surface area contributed by atoms with Gasteiger partial charge in [0.05, 0.1) is 6.42 Å². The number of rotatable bonds is 6. The first kappa shape index (κ1) is 13.5. The number of benzene rings is 1. The van der Waals surface area contributed by atoms with Crippen molar-refractivity contribution in [2.75, 3.05) is 19.5 Å². The van der Waals surface area contributed by atoms with Crippen LogP contribution in [0.15, 0.2) is 24.3 Å². The van der Waals surface area contributed by atoms with E-state index in [2.05, 4.69) is 5.32 Å². The predicted octanol–water partition coefficient (Wildman–Crippen LogP) is 1.35. The van der Waals surface area contributed by atoms with Crippen LogP contribution in [-0.4, -0.2) is 25.7 Å². The molecule has 0 aliphatic rings. The third-order valence-electron chi connectivity index (χ3n) is 2.51. The van der Waals surface area contributed by atoms with Gasteiger partial charge < -0.3 is 15.8 Å². The van der Waals surface area contributed by atoms with E-state index in [0.29, 0.717) is 18.7 Å². The van der Waals surface area contributed by atoms with E-state index < -0.39 is 0 Å². The first-order valence-electron chi connectivity index (χ1n) is 5.74. The Morgan fingerprint density at radius 2 is 2.06 bits per heavy atom. The van der Waals surface area contributed by atoms with Crippen molar-refractivity contribution >= 4 is 11.6 Å². The molecule has 4 heteroatoms. The minimum Gasteiger partial charge on any atom is -0.399 e. The maximum atomic E-state index is 11.7. The van der Waals surface area contributed by atoms with Crippen LogP contribution < -0.4 is 11.1 Å². The second kappa shape index (κ2) is 6.91. The highest BCUT2D eigenvalue weighted by molar-refractivity contribution is 5.78. The molecule has 1 rings (SSSR count). The minimum absolute atomic E-state index is 0.0263. The van der Waals surface area contributed by atoms with E-state index in [1.165, 1.54) is 0 Å². The van der Waals surface area contributed by atoms with Crippen LogP contribution >= 0.6 is 0 Å². The summed E-state index contributed by atoms with van der Waals surface area (Å²) in [5.41, 5.74) is 7.26. The zero-order chi connectivity index (χ0) is 12.7. The number of nitrogens with one attached hydrogen (secondary N) is 1. The van der Waals surface area contributed by atoms with Crippen molar-refractivity contribution in [3.05, 3.63) is 29.8 Å². The molecular formula is C13H20N2O2. The van der Waals surface area contributed by atoms with E-state index in [1.54, 1.807) is 19.2 Å². The summed E-state index contributed by atoms with van der Waals surface area (Å²) in [5, 5.41) is 2.93. The Morgan fingerprint density at radius 3 is 2.65 bits per heavy atom. The molecule has 0 aliphatic carbocycles. The smallest absolute Gasteiger partial charge is 0.224 e. The van der Waals surface area contributed by atoms with Gasteiger partial charge in [-0.25, -0.2) is 0 Å². The van der Waals surface area contributed by atoms with Gasteiger partial charge in [0.1, 0.15) is 0 Å². The topological polar surface area (TPSA) is 64.3 Å². The van der Waals surface area contributed by atoms with Crippen molar-refractivity contribution in [2.24, 2.45) is 0 Å². The molecular weight excluding hydrogens is 216 g/mol. The first-order chi connectivity index (χ1) is 8.11. The number of carbonyl (C=O) groups is 1. The molecule has 0 saturated carbocycles. The molecule has 0 bridgehead atoms. The SMILES string of the molecule is COCCC(C)NC(=O)Cc1ccc(N)cc1. The number of anilines is 1. The van der Waals surface area contributed by atoms with Crippen molar-refractivity contribution in [3.63, 3.8) is 0 Å². The fourth-order valence-electron chi connectivity index (χ4n) is 1.51. The second-order valence-corrected chi connectivity index (χ2v) is 4.17. The number of amides is 1. The number of carbonyl (C=O) groups excluding carboxylic acids is 1. The molecule has 1 aromatic rings. The Labute approximate surface area is 102 Å². The maximum Gasteiger partial charge on any atom is 0.224 e. The Kier molecular flexibility index (Phi) is 5.49. The fourth-order valence-corrected chi connectivity index (χ4v) is 1.51. The average molecular weight is 236 g/mol. The highest BCUT2D eigenvalue weighted by Crippen LogP contribution is 2.06. The van der Waals surface area contributed by atoms with Gasteiger partial charge in [-0.2, -0.15) is 0 Å². The van der Waals surface area contributed by atoms with E-state index in [4.69, 9.17) is 10.5 Å². The van der Waals surface area contributed by atoms with Gasteiger partial charge in [0.2, 0.25) is 5.91 Å². The first-order valence-corrected chi connectivity index (χ1v) is 5.74. The summed E-state index contributed by atoms with van der Waals surface area (Å²) < 4.78 is 4.96. The van der Waals surface area contributed by atoms with Crippen LogP contribution in [-0.2, 0) is 16.0 Å². The number of hydrogen-bond donors (Lipinski definition) is 2. The molecule has 1 aromatic carbocycles. The summed E-state index contributed by atoms with van der Waals surface area (Å²) in [7, 11) is 1.66. The van der Waals surface area contributed by atoms with Gasteiger partial charge in [-0.05, 0) is 31.0 Å². The third kappa shape index (κ3) is 5.36. The van der Waals surface area contributed by atoms with E-state index >= 15 is 0 Å². The standard InChI is InChI=1S/C13H20N2O2/c1-10(7-8-17-2)15-13(16)9-11-3-5-12(14)6-4-11/h3-6,10H,7-9,14H2,1-2H3,(H,15,16). The molecule has 1 unspecified atom stereocenters. The number of ether oxygens (including phenoxy) is 1. The number of methoxy groups -OCH3 is 1. The van der Waals surface area contributed by atoms with Gasteiger partial charge in [0, 0.05) is 25.4 Å². The van der Waals surface area contributed by atoms with Crippen LogP contribution in [0.25, 0.3) is 0 Å². The van der Waals surface area contributed by atoms with Crippen molar-refractivity contribution < 1.29 is 9.53 Å². The number of nitrogen functional groups attached to an aromatic ring is 1. The van der Waals surface area contributed by atoms with E-state index in [1.807, 2.05) is 19.1 Å². The molecule has 3 N–H and O–H groups in total. The van der Waals surface area contributed by atoms with Crippen LogP contribution in [0.2, 0.25) is 0 Å². The van der Waals surface area contributed by atoms with Crippen LogP contribution in [0, 0.1) is 0 Å². The quantitative estimate of drug-likeness (QED) is 0.733. The lowest BCUT2D eigenvalue weighted by atomic mass is 10.1. The summed E-state index contributed by atoms with van der Waals surface area (Å²) in [6, 6.07) is 7.48. The fraction of sp³-hybridized carbons (Fsp3) is 0.462. The Bertz CT molecular complexity index is 349. The zero-order valence-electron chi connectivity index (χ0n) is 10.4. The predicted molar refractivity (Wildman–Crippen MR) is 68.7 cm³/mol. The summed E-state index contributed by atoms with van der Waals surface area (Å²) >= 11 is 0. The van der Waals surface area contributed by atoms with Crippen LogP contribution in [0.3, 0.4) is 0 Å². The Balaban J connectivity index is 2.36. The molecule has 0 spiro atoms. The van der Waals surface area contributed by atoms with Crippen LogP contribution in [0.5, 0.6) is 0 Å². The van der Waals surface area contributed by atoms with Gasteiger partial charge in [-0.1, -0.05) is 12.1 Å². The molecule has 4 nitrogen and oxygen atoms in total. The second-order valence-electron chi connectivity index (χ2n) is 4.17. The molecule has 0 saturated heterocycles. The molecule has 1 atom stereocenters.